The zero-order valence-corrected chi connectivity index (χ0v) is 11.1. The van der Waals surface area contributed by atoms with Crippen LogP contribution in [0.25, 0.3) is 0 Å². The van der Waals surface area contributed by atoms with Crippen molar-refractivity contribution in [2.75, 3.05) is 7.05 Å². The second kappa shape index (κ2) is 5.54. The fourth-order valence-electron chi connectivity index (χ4n) is 2.53. The third-order valence-electron chi connectivity index (χ3n) is 3.67. The standard InChI is InChI=1S/C15H23NO/c1-11-7-8-12(2)15(9-11)17-14-6-4-5-13(10-14)16-3/h7-9,13-14,16H,4-6,10H2,1-3H3. The third kappa shape index (κ3) is 3.22. The summed E-state index contributed by atoms with van der Waals surface area (Å²) >= 11 is 0. The number of aryl methyl sites for hydroxylation is 2. The van der Waals surface area contributed by atoms with Crippen LogP contribution in [0.2, 0.25) is 0 Å². The Labute approximate surface area is 104 Å². The van der Waals surface area contributed by atoms with Crippen molar-refractivity contribution in [1.29, 1.82) is 0 Å². The molecular weight excluding hydrogens is 210 g/mol. The van der Waals surface area contributed by atoms with Crippen LogP contribution in [0.5, 0.6) is 5.75 Å². The van der Waals surface area contributed by atoms with Gasteiger partial charge in [-0.15, -0.1) is 0 Å². The van der Waals surface area contributed by atoms with Gasteiger partial charge in [-0.05, 0) is 63.8 Å². The van der Waals surface area contributed by atoms with Gasteiger partial charge in [0.25, 0.3) is 0 Å². The lowest BCUT2D eigenvalue weighted by Gasteiger charge is -2.29. The highest BCUT2D eigenvalue weighted by Gasteiger charge is 2.22. The molecule has 1 aromatic carbocycles. The van der Waals surface area contributed by atoms with E-state index in [1.807, 2.05) is 7.05 Å². The molecule has 2 atom stereocenters. The van der Waals surface area contributed by atoms with E-state index >= 15 is 0 Å². The molecule has 1 fully saturated rings. The maximum Gasteiger partial charge on any atom is 0.122 e. The van der Waals surface area contributed by atoms with Gasteiger partial charge >= 0.3 is 0 Å². The Balaban J connectivity index is 2.02. The van der Waals surface area contributed by atoms with E-state index in [2.05, 4.69) is 37.4 Å². The van der Waals surface area contributed by atoms with Crippen LogP contribution in [0.15, 0.2) is 18.2 Å². The highest BCUT2D eigenvalue weighted by Crippen LogP contribution is 2.26. The largest absolute Gasteiger partial charge is 0.490 e. The second-order valence-corrected chi connectivity index (χ2v) is 5.16. The fourth-order valence-corrected chi connectivity index (χ4v) is 2.53. The highest BCUT2D eigenvalue weighted by molar-refractivity contribution is 5.36. The van der Waals surface area contributed by atoms with Crippen molar-refractivity contribution in [3.8, 4) is 5.75 Å². The second-order valence-electron chi connectivity index (χ2n) is 5.16. The van der Waals surface area contributed by atoms with Crippen molar-refractivity contribution < 1.29 is 4.74 Å². The van der Waals surface area contributed by atoms with E-state index in [1.165, 1.54) is 30.4 Å². The molecule has 1 aliphatic rings. The van der Waals surface area contributed by atoms with E-state index in [-0.39, 0.29) is 0 Å². The lowest BCUT2D eigenvalue weighted by atomic mass is 9.93. The first-order valence-electron chi connectivity index (χ1n) is 6.60. The first-order valence-corrected chi connectivity index (χ1v) is 6.60. The zero-order valence-electron chi connectivity index (χ0n) is 11.1. The summed E-state index contributed by atoms with van der Waals surface area (Å²) in [5.74, 6) is 1.06. The number of nitrogens with one attached hydrogen (secondary N) is 1. The number of rotatable bonds is 3. The lowest BCUT2D eigenvalue weighted by molar-refractivity contribution is 0.136. The third-order valence-corrected chi connectivity index (χ3v) is 3.67. The molecule has 1 aliphatic carbocycles. The molecule has 0 spiro atoms. The molecule has 0 aliphatic heterocycles. The molecule has 94 valence electrons. The Kier molecular flexibility index (Phi) is 4.06. The van der Waals surface area contributed by atoms with Gasteiger partial charge in [-0.1, -0.05) is 12.1 Å². The molecule has 2 unspecified atom stereocenters. The summed E-state index contributed by atoms with van der Waals surface area (Å²) < 4.78 is 6.16. The van der Waals surface area contributed by atoms with Gasteiger partial charge in [0.05, 0.1) is 0 Å². The Morgan fingerprint density at radius 2 is 2.06 bits per heavy atom. The van der Waals surface area contributed by atoms with Crippen LogP contribution in [0.3, 0.4) is 0 Å². The van der Waals surface area contributed by atoms with Gasteiger partial charge in [0.1, 0.15) is 11.9 Å². The van der Waals surface area contributed by atoms with Crippen molar-refractivity contribution in [1.82, 2.24) is 5.32 Å². The summed E-state index contributed by atoms with van der Waals surface area (Å²) in [6.45, 7) is 4.23. The monoisotopic (exact) mass is 233 g/mol. The van der Waals surface area contributed by atoms with Crippen LogP contribution in [-0.2, 0) is 0 Å². The fraction of sp³-hybridized carbons (Fsp3) is 0.600. The van der Waals surface area contributed by atoms with Crippen molar-refractivity contribution in [3.63, 3.8) is 0 Å². The smallest absolute Gasteiger partial charge is 0.122 e. The van der Waals surface area contributed by atoms with E-state index in [0.29, 0.717) is 12.1 Å². The van der Waals surface area contributed by atoms with Crippen LogP contribution in [-0.4, -0.2) is 19.2 Å². The molecule has 2 rings (SSSR count). The Morgan fingerprint density at radius 1 is 1.24 bits per heavy atom. The molecule has 0 saturated heterocycles. The summed E-state index contributed by atoms with van der Waals surface area (Å²) in [6.07, 6.45) is 5.24. The SMILES string of the molecule is CNC1CCCC(Oc2cc(C)ccc2C)C1. The van der Waals surface area contributed by atoms with E-state index in [4.69, 9.17) is 4.74 Å². The normalized spacial score (nSPS) is 24.6. The molecule has 0 aromatic heterocycles. The van der Waals surface area contributed by atoms with Crippen LogP contribution >= 0.6 is 0 Å². The van der Waals surface area contributed by atoms with Gasteiger partial charge in [0.15, 0.2) is 0 Å². The van der Waals surface area contributed by atoms with Gasteiger partial charge in [-0.2, -0.15) is 0 Å². The highest BCUT2D eigenvalue weighted by atomic mass is 16.5. The van der Waals surface area contributed by atoms with Crippen molar-refractivity contribution in [2.45, 2.75) is 51.7 Å². The Morgan fingerprint density at radius 3 is 2.82 bits per heavy atom. The molecule has 0 amide bonds. The minimum Gasteiger partial charge on any atom is -0.490 e. The Hall–Kier alpha value is -1.02. The maximum atomic E-state index is 6.16. The predicted octanol–water partition coefficient (Wildman–Crippen LogP) is 3.21. The summed E-state index contributed by atoms with van der Waals surface area (Å²) in [6, 6.07) is 7.06. The number of hydrogen-bond acceptors (Lipinski definition) is 2. The summed E-state index contributed by atoms with van der Waals surface area (Å²) in [4.78, 5) is 0. The summed E-state index contributed by atoms with van der Waals surface area (Å²) in [5, 5.41) is 3.37. The van der Waals surface area contributed by atoms with Gasteiger partial charge in [-0.3, -0.25) is 0 Å². The van der Waals surface area contributed by atoms with E-state index in [9.17, 15) is 0 Å². The molecule has 0 radical (unpaired) electrons. The molecule has 0 bridgehead atoms. The topological polar surface area (TPSA) is 21.3 Å². The summed E-state index contributed by atoms with van der Waals surface area (Å²) in [5.41, 5.74) is 2.51. The van der Waals surface area contributed by atoms with Gasteiger partial charge in [0.2, 0.25) is 0 Å². The first kappa shape index (κ1) is 12.4. The quantitative estimate of drug-likeness (QED) is 0.865. The zero-order chi connectivity index (χ0) is 12.3. The number of ether oxygens (including phenoxy) is 1. The molecule has 2 heteroatoms. The van der Waals surface area contributed by atoms with Gasteiger partial charge < -0.3 is 10.1 Å². The lowest BCUT2D eigenvalue weighted by Crippen LogP contribution is -2.36. The molecular formula is C15H23NO. The minimum absolute atomic E-state index is 0.377. The van der Waals surface area contributed by atoms with Crippen LogP contribution in [0, 0.1) is 13.8 Å². The first-order chi connectivity index (χ1) is 8.19. The molecule has 1 aromatic rings. The van der Waals surface area contributed by atoms with Crippen LogP contribution < -0.4 is 10.1 Å². The van der Waals surface area contributed by atoms with E-state index < -0.39 is 0 Å². The van der Waals surface area contributed by atoms with Gasteiger partial charge in [0, 0.05) is 6.04 Å². The molecule has 0 heterocycles. The average molecular weight is 233 g/mol. The maximum absolute atomic E-state index is 6.16. The van der Waals surface area contributed by atoms with Crippen molar-refractivity contribution in [2.24, 2.45) is 0 Å². The van der Waals surface area contributed by atoms with Crippen LogP contribution in [0.1, 0.15) is 36.8 Å². The number of benzene rings is 1. The molecule has 2 nitrogen and oxygen atoms in total. The molecule has 17 heavy (non-hydrogen) atoms. The number of hydrogen-bond donors (Lipinski definition) is 1. The van der Waals surface area contributed by atoms with Crippen LogP contribution in [0.4, 0.5) is 0 Å². The Bertz CT molecular complexity index is 375. The minimum atomic E-state index is 0.377. The molecule has 1 saturated carbocycles. The predicted molar refractivity (Wildman–Crippen MR) is 71.6 cm³/mol. The van der Waals surface area contributed by atoms with Crippen molar-refractivity contribution in [3.05, 3.63) is 29.3 Å². The van der Waals surface area contributed by atoms with Crippen molar-refractivity contribution >= 4 is 0 Å². The van der Waals surface area contributed by atoms with Gasteiger partial charge in [-0.25, -0.2) is 0 Å². The van der Waals surface area contributed by atoms with E-state index in [1.54, 1.807) is 0 Å². The average Bonchev–Trinajstić information content (AvgIpc) is 2.34. The molecule has 1 N–H and O–H groups in total. The van der Waals surface area contributed by atoms with E-state index in [0.717, 1.165) is 12.2 Å². The summed E-state index contributed by atoms with van der Waals surface area (Å²) in [7, 11) is 2.05.